The van der Waals surface area contributed by atoms with Crippen molar-refractivity contribution in [2.75, 3.05) is 31.6 Å². The molecular weight excluding hydrogens is 400 g/mol. The van der Waals surface area contributed by atoms with E-state index >= 15 is 0 Å². The molecule has 0 saturated carbocycles. The Morgan fingerprint density at radius 3 is 2.63 bits per heavy atom. The number of hydrogen-bond donors (Lipinski definition) is 1. The van der Waals surface area contributed by atoms with E-state index in [2.05, 4.69) is 31.2 Å². The van der Waals surface area contributed by atoms with Crippen LogP contribution in [0.4, 0.5) is 5.00 Å². The smallest absolute Gasteiger partial charge is 0.274 e. The quantitative estimate of drug-likeness (QED) is 0.810. The molecule has 2 aromatic heterocycles. The maximum Gasteiger partial charge on any atom is 0.274 e. The Kier molecular flexibility index (Phi) is 5.72. The van der Waals surface area contributed by atoms with Gasteiger partial charge in [-0.3, -0.25) is 14.3 Å². The zero-order valence-corrected chi connectivity index (χ0v) is 19.0. The zero-order chi connectivity index (χ0) is 21.5. The lowest BCUT2D eigenvalue weighted by Gasteiger charge is -2.34. The normalized spacial score (nSPS) is 19.5. The van der Waals surface area contributed by atoms with Crippen LogP contribution in [-0.2, 0) is 24.6 Å². The summed E-state index contributed by atoms with van der Waals surface area (Å²) in [7, 11) is 1.74. The van der Waals surface area contributed by atoms with Crippen LogP contribution in [-0.4, -0.2) is 52.8 Å². The van der Waals surface area contributed by atoms with Gasteiger partial charge in [0.2, 0.25) is 0 Å². The number of nitrogens with one attached hydrogen (secondary N) is 1. The Hall–Kier alpha value is -2.19. The number of rotatable bonds is 3. The summed E-state index contributed by atoms with van der Waals surface area (Å²) in [6.07, 6.45) is 4.49. The fraction of sp³-hybridized carbons (Fsp3) is 0.591. The van der Waals surface area contributed by atoms with Crippen LogP contribution in [0.1, 0.15) is 58.5 Å². The van der Waals surface area contributed by atoms with E-state index in [1.807, 2.05) is 4.90 Å². The van der Waals surface area contributed by atoms with Gasteiger partial charge in [0.15, 0.2) is 0 Å². The number of aromatic nitrogens is 2. The molecule has 1 saturated heterocycles. The van der Waals surface area contributed by atoms with Crippen LogP contribution in [0, 0.1) is 11.3 Å². The maximum absolute atomic E-state index is 13.5. The number of morpholine rings is 1. The van der Waals surface area contributed by atoms with Gasteiger partial charge in [0, 0.05) is 31.2 Å². The number of nitrogens with zero attached hydrogens (tertiary/aromatic N) is 3. The molecule has 2 aliphatic rings. The summed E-state index contributed by atoms with van der Waals surface area (Å²) < 4.78 is 6.96. The molecule has 162 valence electrons. The second-order valence-electron chi connectivity index (χ2n) is 9.21. The summed E-state index contributed by atoms with van der Waals surface area (Å²) in [6, 6.07) is 1.68. The monoisotopic (exact) mass is 430 g/mol. The molecule has 1 fully saturated rings. The number of aryl methyl sites for hydroxylation is 1. The van der Waals surface area contributed by atoms with Crippen LogP contribution in [0.5, 0.6) is 0 Å². The van der Waals surface area contributed by atoms with Gasteiger partial charge in [0.05, 0.1) is 18.8 Å². The molecule has 0 bridgehead atoms. The Morgan fingerprint density at radius 1 is 1.27 bits per heavy atom. The third-order valence-electron chi connectivity index (χ3n) is 6.28. The van der Waals surface area contributed by atoms with Gasteiger partial charge in [-0.1, -0.05) is 20.8 Å². The van der Waals surface area contributed by atoms with Crippen LogP contribution in [0.25, 0.3) is 0 Å². The summed E-state index contributed by atoms with van der Waals surface area (Å²) in [4.78, 5) is 29.4. The minimum atomic E-state index is -0.239. The van der Waals surface area contributed by atoms with Crippen LogP contribution < -0.4 is 5.32 Å². The van der Waals surface area contributed by atoms with E-state index in [9.17, 15) is 9.59 Å². The Bertz CT molecular complexity index is 950. The van der Waals surface area contributed by atoms with Gasteiger partial charge in [0.25, 0.3) is 11.8 Å². The van der Waals surface area contributed by atoms with Crippen molar-refractivity contribution in [3.8, 4) is 0 Å². The molecule has 1 aliphatic carbocycles. The second-order valence-corrected chi connectivity index (χ2v) is 10.3. The average molecular weight is 431 g/mol. The predicted octanol–water partition coefficient (Wildman–Crippen LogP) is 3.36. The fourth-order valence-electron chi connectivity index (χ4n) is 4.33. The van der Waals surface area contributed by atoms with Gasteiger partial charge in [0.1, 0.15) is 10.7 Å². The van der Waals surface area contributed by atoms with Crippen molar-refractivity contribution < 1.29 is 14.3 Å². The maximum atomic E-state index is 13.5. The highest BCUT2D eigenvalue weighted by Crippen LogP contribution is 2.44. The van der Waals surface area contributed by atoms with E-state index in [0.29, 0.717) is 48.5 Å². The first kappa shape index (κ1) is 21.1. The summed E-state index contributed by atoms with van der Waals surface area (Å²) in [5.41, 5.74) is 2.49. The van der Waals surface area contributed by atoms with Crippen molar-refractivity contribution in [1.29, 1.82) is 0 Å². The van der Waals surface area contributed by atoms with Gasteiger partial charge in [-0.2, -0.15) is 5.10 Å². The lowest BCUT2D eigenvalue weighted by Crippen LogP contribution is -2.41. The molecule has 7 nitrogen and oxygen atoms in total. The standard InChI is InChI=1S/C22H30N4O3S/c1-22(2,3)14-5-6-15-17(13-14)30-20(24-19(27)16-7-8-23-25(16)4)18(15)21(28)26-9-11-29-12-10-26/h7-8,14H,5-6,9-13H2,1-4H3,(H,24,27)/t14-/m1/s1. The molecule has 0 radical (unpaired) electrons. The molecule has 0 unspecified atom stereocenters. The summed E-state index contributed by atoms with van der Waals surface area (Å²) >= 11 is 1.57. The van der Waals surface area contributed by atoms with Crippen molar-refractivity contribution in [2.24, 2.45) is 18.4 Å². The predicted molar refractivity (Wildman–Crippen MR) is 117 cm³/mol. The SMILES string of the molecule is Cn1nccc1C(=O)Nc1sc2c(c1C(=O)N1CCOCC1)CC[C@@H](C(C)(C)C)C2. The fourth-order valence-corrected chi connectivity index (χ4v) is 5.64. The lowest BCUT2D eigenvalue weighted by molar-refractivity contribution is 0.0303. The van der Waals surface area contributed by atoms with E-state index < -0.39 is 0 Å². The molecule has 3 heterocycles. The molecular formula is C22H30N4O3S. The first-order valence-corrected chi connectivity index (χ1v) is 11.4. The molecule has 2 amide bonds. The number of carbonyl (C=O) groups excluding carboxylic acids is 2. The molecule has 4 rings (SSSR count). The summed E-state index contributed by atoms with van der Waals surface area (Å²) in [5.74, 6) is 0.331. The van der Waals surface area contributed by atoms with Crippen molar-refractivity contribution in [2.45, 2.75) is 40.0 Å². The van der Waals surface area contributed by atoms with E-state index in [1.165, 1.54) is 4.88 Å². The number of hydrogen-bond acceptors (Lipinski definition) is 5. The van der Waals surface area contributed by atoms with Crippen molar-refractivity contribution >= 4 is 28.2 Å². The van der Waals surface area contributed by atoms with Crippen molar-refractivity contribution in [3.63, 3.8) is 0 Å². The minimum absolute atomic E-state index is 0.00492. The molecule has 30 heavy (non-hydrogen) atoms. The van der Waals surface area contributed by atoms with Crippen LogP contribution >= 0.6 is 11.3 Å². The number of thiophene rings is 1. The molecule has 1 N–H and O–H groups in total. The Balaban J connectivity index is 1.69. The highest BCUT2D eigenvalue weighted by Gasteiger charge is 2.35. The average Bonchev–Trinajstić information content (AvgIpc) is 3.29. The van der Waals surface area contributed by atoms with Crippen molar-refractivity contribution in [1.82, 2.24) is 14.7 Å². The van der Waals surface area contributed by atoms with Crippen molar-refractivity contribution in [3.05, 3.63) is 34.0 Å². The van der Waals surface area contributed by atoms with Gasteiger partial charge in [-0.25, -0.2) is 0 Å². The van der Waals surface area contributed by atoms with E-state index in [0.717, 1.165) is 24.8 Å². The number of ether oxygens (including phenoxy) is 1. The molecule has 1 aliphatic heterocycles. The minimum Gasteiger partial charge on any atom is -0.378 e. The molecule has 8 heteroatoms. The van der Waals surface area contributed by atoms with Gasteiger partial charge >= 0.3 is 0 Å². The topological polar surface area (TPSA) is 76.5 Å². The molecule has 0 spiro atoms. The number of fused-ring (bicyclic) bond motifs is 1. The highest BCUT2D eigenvalue weighted by molar-refractivity contribution is 7.17. The van der Waals surface area contributed by atoms with Crippen LogP contribution in [0.3, 0.4) is 0 Å². The molecule has 1 atom stereocenters. The van der Waals surface area contributed by atoms with E-state index in [4.69, 9.17) is 4.74 Å². The second kappa shape index (κ2) is 8.15. The van der Waals surface area contributed by atoms with E-state index in [1.54, 1.807) is 35.3 Å². The first-order valence-electron chi connectivity index (χ1n) is 10.6. The number of anilines is 1. The zero-order valence-electron chi connectivity index (χ0n) is 18.2. The number of carbonyl (C=O) groups is 2. The molecule has 0 aromatic carbocycles. The van der Waals surface area contributed by atoms with Gasteiger partial charge in [-0.05, 0) is 42.2 Å². The first-order chi connectivity index (χ1) is 14.3. The third-order valence-corrected chi connectivity index (χ3v) is 7.45. The van der Waals surface area contributed by atoms with E-state index in [-0.39, 0.29) is 17.2 Å². The molecule has 2 aromatic rings. The Labute approximate surface area is 181 Å². The highest BCUT2D eigenvalue weighted by atomic mass is 32.1. The lowest BCUT2D eigenvalue weighted by atomic mass is 9.72. The van der Waals surface area contributed by atoms with Crippen LogP contribution in [0.15, 0.2) is 12.3 Å². The summed E-state index contributed by atoms with van der Waals surface area (Å²) in [6.45, 7) is 9.12. The largest absolute Gasteiger partial charge is 0.378 e. The Morgan fingerprint density at radius 2 is 2.00 bits per heavy atom. The number of amides is 2. The van der Waals surface area contributed by atoms with Crippen LogP contribution in [0.2, 0.25) is 0 Å². The van der Waals surface area contributed by atoms with Gasteiger partial charge in [-0.15, -0.1) is 11.3 Å². The third kappa shape index (κ3) is 4.03. The van der Waals surface area contributed by atoms with Gasteiger partial charge < -0.3 is 15.0 Å². The summed E-state index contributed by atoms with van der Waals surface area (Å²) in [5, 5.41) is 7.77.